The molecule has 1 aromatic rings. The van der Waals surface area contributed by atoms with Crippen molar-refractivity contribution in [2.24, 2.45) is 0 Å². The average Bonchev–Trinajstić information content (AvgIpc) is 2.61. The molecule has 28 heavy (non-hydrogen) atoms. The van der Waals surface area contributed by atoms with Crippen molar-refractivity contribution in [1.29, 1.82) is 0 Å². The zero-order chi connectivity index (χ0) is 21.2. The molecular weight excluding hydrogens is 368 g/mol. The van der Waals surface area contributed by atoms with Gasteiger partial charge in [0.2, 0.25) is 0 Å². The van der Waals surface area contributed by atoms with Crippen molar-refractivity contribution in [3.63, 3.8) is 0 Å². The van der Waals surface area contributed by atoms with Gasteiger partial charge in [-0.1, -0.05) is 32.9 Å². The van der Waals surface area contributed by atoms with Gasteiger partial charge in [0, 0.05) is 20.3 Å². The number of rotatable bonds is 13. The third kappa shape index (κ3) is 9.08. The largest absolute Gasteiger partial charge is 0.494 e. The molecule has 0 aliphatic heterocycles. The summed E-state index contributed by atoms with van der Waals surface area (Å²) in [5.41, 5.74) is 1.30. The minimum absolute atomic E-state index is 0.0866. The molecule has 0 saturated carbocycles. The molecule has 0 aromatic heterocycles. The Kier molecular flexibility index (Phi) is 10.7. The zero-order valence-corrected chi connectivity index (χ0v) is 20.3. The first kappa shape index (κ1) is 25.2. The zero-order valence-electron chi connectivity index (χ0n) is 19.3. The molecule has 0 aliphatic rings. The van der Waals surface area contributed by atoms with Crippen LogP contribution in [0.15, 0.2) is 24.3 Å². The summed E-state index contributed by atoms with van der Waals surface area (Å²) in [6.07, 6.45) is 5.25. The van der Waals surface area contributed by atoms with Crippen LogP contribution >= 0.6 is 0 Å². The summed E-state index contributed by atoms with van der Waals surface area (Å²) in [5.74, 6) is 0.938. The van der Waals surface area contributed by atoms with E-state index in [-0.39, 0.29) is 17.4 Å². The highest BCUT2D eigenvalue weighted by molar-refractivity contribution is 6.74. The van der Waals surface area contributed by atoms with Gasteiger partial charge in [-0.15, -0.1) is 0 Å². The van der Waals surface area contributed by atoms with Gasteiger partial charge in [-0.05, 0) is 74.9 Å². The molecule has 0 amide bonds. The van der Waals surface area contributed by atoms with Crippen molar-refractivity contribution in [3.05, 3.63) is 29.8 Å². The molecule has 0 N–H and O–H groups in total. The minimum atomic E-state index is -1.71. The van der Waals surface area contributed by atoms with Gasteiger partial charge in [0.05, 0.1) is 6.61 Å². The van der Waals surface area contributed by atoms with Crippen LogP contribution in [0.4, 0.5) is 0 Å². The lowest BCUT2D eigenvalue weighted by molar-refractivity contribution is -0.107. The molecule has 1 aromatic carbocycles. The molecule has 0 heterocycles. The first-order chi connectivity index (χ1) is 13.1. The number of benzene rings is 1. The topological polar surface area (TPSA) is 36.9 Å². The number of hydrogen-bond donors (Lipinski definition) is 0. The van der Waals surface area contributed by atoms with Crippen LogP contribution in [0.2, 0.25) is 18.1 Å². The summed E-state index contributed by atoms with van der Waals surface area (Å²) in [4.78, 5) is 0. The van der Waals surface area contributed by atoms with Gasteiger partial charge in [-0.2, -0.15) is 0 Å². The number of methoxy groups -OCH3 is 2. The van der Waals surface area contributed by atoms with Crippen LogP contribution in [0, 0.1) is 0 Å². The van der Waals surface area contributed by atoms with Gasteiger partial charge in [-0.3, -0.25) is 0 Å². The lowest BCUT2D eigenvalue weighted by atomic mass is 10.1. The fraction of sp³-hybridized carbons (Fsp3) is 0.739. The van der Waals surface area contributed by atoms with E-state index in [1.54, 1.807) is 14.2 Å². The maximum absolute atomic E-state index is 6.46. The molecule has 1 unspecified atom stereocenters. The van der Waals surface area contributed by atoms with Crippen molar-refractivity contribution in [1.82, 2.24) is 0 Å². The van der Waals surface area contributed by atoms with Crippen LogP contribution in [-0.4, -0.2) is 41.5 Å². The molecule has 0 saturated heterocycles. The molecule has 1 atom stereocenters. The number of unbranched alkanes of at least 4 members (excludes halogenated alkanes) is 2. The van der Waals surface area contributed by atoms with E-state index in [1.165, 1.54) is 5.56 Å². The monoisotopic (exact) mass is 410 g/mol. The Morgan fingerprint density at radius 3 is 2.07 bits per heavy atom. The smallest absolute Gasteiger partial charge is 0.192 e. The fourth-order valence-electron chi connectivity index (χ4n) is 2.89. The van der Waals surface area contributed by atoms with Gasteiger partial charge < -0.3 is 18.6 Å². The van der Waals surface area contributed by atoms with Crippen LogP contribution in [0.5, 0.6) is 5.75 Å². The fourth-order valence-corrected chi connectivity index (χ4v) is 4.33. The van der Waals surface area contributed by atoms with Gasteiger partial charge in [-0.25, -0.2) is 0 Å². The summed E-state index contributed by atoms with van der Waals surface area (Å²) in [5, 5.41) is 0.243. The lowest BCUT2D eigenvalue weighted by Crippen LogP contribution is -2.43. The first-order valence-electron chi connectivity index (χ1n) is 10.5. The van der Waals surface area contributed by atoms with E-state index >= 15 is 0 Å². The van der Waals surface area contributed by atoms with Gasteiger partial charge in [0.1, 0.15) is 5.75 Å². The Bertz CT molecular complexity index is 533. The average molecular weight is 411 g/mol. The Morgan fingerprint density at radius 1 is 0.929 bits per heavy atom. The van der Waals surface area contributed by atoms with Crippen LogP contribution in [0.25, 0.3) is 0 Å². The molecule has 5 heteroatoms. The highest BCUT2D eigenvalue weighted by atomic mass is 28.4. The Labute approximate surface area is 174 Å². The van der Waals surface area contributed by atoms with Crippen molar-refractivity contribution in [3.8, 4) is 5.75 Å². The van der Waals surface area contributed by atoms with Crippen LogP contribution in [-0.2, 0) is 20.3 Å². The predicted molar refractivity (Wildman–Crippen MR) is 120 cm³/mol. The summed E-state index contributed by atoms with van der Waals surface area (Å²) in [6.45, 7) is 14.4. The molecule has 0 aliphatic carbocycles. The second-order valence-corrected chi connectivity index (χ2v) is 13.9. The second-order valence-electron chi connectivity index (χ2n) is 9.14. The third-order valence-electron chi connectivity index (χ3n) is 5.63. The van der Waals surface area contributed by atoms with Gasteiger partial charge in [0.25, 0.3) is 0 Å². The normalized spacial score (nSPS) is 13.8. The molecular formula is C23H42O4Si. The predicted octanol–water partition coefficient (Wildman–Crippen LogP) is 6.20. The quantitative estimate of drug-likeness (QED) is 0.220. The van der Waals surface area contributed by atoms with E-state index in [4.69, 9.17) is 18.6 Å². The van der Waals surface area contributed by atoms with Gasteiger partial charge >= 0.3 is 0 Å². The minimum Gasteiger partial charge on any atom is -0.494 e. The van der Waals surface area contributed by atoms with E-state index in [9.17, 15) is 0 Å². The van der Waals surface area contributed by atoms with Crippen molar-refractivity contribution in [2.45, 2.75) is 90.3 Å². The summed E-state index contributed by atoms with van der Waals surface area (Å²) in [6, 6.07) is 8.45. The summed E-state index contributed by atoms with van der Waals surface area (Å²) >= 11 is 0. The van der Waals surface area contributed by atoms with Crippen LogP contribution < -0.4 is 4.74 Å². The molecule has 0 fully saturated rings. The highest BCUT2D eigenvalue weighted by Gasteiger charge is 2.38. The third-order valence-corrected chi connectivity index (χ3v) is 10.2. The van der Waals surface area contributed by atoms with Crippen LogP contribution in [0.3, 0.4) is 0 Å². The van der Waals surface area contributed by atoms with E-state index in [1.807, 2.05) is 0 Å². The highest BCUT2D eigenvalue weighted by Crippen LogP contribution is 2.37. The van der Waals surface area contributed by atoms with E-state index < -0.39 is 8.32 Å². The van der Waals surface area contributed by atoms with Gasteiger partial charge in [0.15, 0.2) is 14.6 Å². The first-order valence-corrected chi connectivity index (χ1v) is 13.4. The maximum atomic E-state index is 6.46. The number of hydrogen-bond acceptors (Lipinski definition) is 4. The maximum Gasteiger partial charge on any atom is 0.192 e. The summed E-state index contributed by atoms with van der Waals surface area (Å²) < 4.78 is 22.7. The molecule has 162 valence electrons. The molecule has 4 nitrogen and oxygen atoms in total. The van der Waals surface area contributed by atoms with Crippen molar-refractivity contribution >= 4 is 8.32 Å². The SMILES string of the molecule is COC(CCCCCOc1ccc(CC(C)O[Si](C)(C)C(C)(C)C)cc1)OC. The Morgan fingerprint density at radius 2 is 1.54 bits per heavy atom. The second kappa shape index (κ2) is 12.0. The lowest BCUT2D eigenvalue weighted by Gasteiger charge is -2.38. The Balaban J connectivity index is 2.32. The molecule has 0 radical (unpaired) electrons. The van der Waals surface area contributed by atoms with E-state index in [0.717, 1.165) is 44.5 Å². The standard InChI is InChI=1S/C23H42O4Si/c1-19(27-28(7,8)23(2,3)4)18-20-13-15-21(16-14-20)26-17-11-9-10-12-22(24-5)25-6/h13-16,19,22H,9-12,17-18H2,1-8H3. The van der Waals surface area contributed by atoms with E-state index in [2.05, 4.69) is 65.1 Å². The van der Waals surface area contributed by atoms with Crippen molar-refractivity contribution < 1.29 is 18.6 Å². The molecule has 1 rings (SSSR count). The van der Waals surface area contributed by atoms with Crippen molar-refractivity contribution in [2.75, 3.05) is 20.8 Å². The Hall–Kier alpha value is -0.883. The van der Waals surface area contributed by atoms with E-state index in [0.29, 0.717) is 0 Å². The number of ether oxygens (including phenoxy) is 3. The molecule has 0 spiro atoms. The molecule has 0 bridgehead atoms. The summed E-state index contributed by atoms with van der Waals surface area (Å²) in [7, 11) is 1.65. The van der Waals surface area contributed by atoms with Crippen LogP contribution in [0.1, 0.15) is 58.9 Å².